The van der Waals surface area contributed by atoms with Gasteiger partial charge in [0.1, 0.15) is 9.96 Å². The summed E-state index contributed by atoms with van der Waals surface area (Å²) in [6.07, 6.45) is 1.07. The van der Waals surface area contributed by atoms with Crippen molar-refractivity contribution in [1.82, 2.24) is 4.98 Å². The highest BCUT2D eigenvalue weighted by molar-refractivity contribution is 7.93. The first kappa shape index (κ1) is 20.4. The van der Waals surface area contributed by atoms with Crippen molar-refractivity contribution in [1.29, 1.82) is 0 Å². The fraction of sp³-hybridized carbons (Fsp3) is 0.286. The summed E-state index contributed by atoms with van der Waals surface area (Å²) in [5.74, 6) is 0.793. The summed E-state index contributed by atoms with van der Waals surface area (Å²) in [7, 11) is -1.78. The van der Waals surface area contributed by atoms with Gasteiger partial charge >= 0.3 is 0 Å². The van der Waals surface area contributed by atoms with E-state index in [0.717, 1.165) is 27.4 Å². The Labute approximate surface area is 168 Å². The summed E-state index contributed by atoms with van der Waals surface area (Å²) in [5, 5.41) is 0. The lowest BCUT2D eigenvalue weighted by Crippen LogP contribution is -2.13. The van der Waals surface area contributed by atoms with Crippen molar-refractivity contribution >= 4 is 21.2 Å². The van der Waals surface area contributed by atoms with Crippen LogP contribution in [-0.4, -0.2) is 26.3 Å². The number of rotatable bonds is 7. The summed E-state index contributed by atoms with van der Waals surface area (Å²) >= 11 is 1.24. The Hall–Kier alpha value is -2.38. The molecule has 2 aromatic heterocycles. The van der Waals surface area contributed by atoms with Crippen molar-refractivity contribution < 1.29 is 13.2 Å². The molecule has 3 rings (SSSR count). The fourth-order valence-electron chi connectivity index (χ4n) is 2.96. The Bertz CT molecular complexity index is 1130. The number of aromatic amines is 1. The van der Waals surface area contributed by atoms with E-state index in [1.54, 1.807) is 13.2 Å². The standard InChI is InChI=1S/C21H23NO4S2/c1-4-16-13-18(14(2)22-21(16)23)19-9-10-20(27-19)28(24,25)12-11-15-5-7-17(26-3)8-6-15/h5-10,13H,4,11-12H2,1-3H3,(H,22,23). The molecule has 0 saturated heterocycles. The monoisotopic (exact) mass is 417 g/mol. The van der Waals surface area contributed by atoms with Crippen LogP contribution in [0.3, 0.4) is 0 Å². The molecule has 0 saturated carbocycles. The van der Waals surface area contributed by atoms with Gasteiger partial charge < -0.3 is 9.72 Å². The van der Waals surface area contributed by atoms with Crippen LogP contribution in [0.25, 0.3) is 10.4 Å². The molecule has 1 aromatic carbocycles. The van der Waals surface area contributed by atoms with Gasteiger partial charge in [-0.1, -0.05) is 19.1 Å². The van der Waals surface area contributed by atoms with Gasteiger partial charge in [0.05, 0.1) is 12.9 Å². The summed E-state index contributed by atoms with van der Waals surface area (Å²) in [6, 6.07) is 12.7. The van der Waals surface area contributed by atoms with Gasteiger partial charge in [-0.05, 0) is 55.7 Å². The zero-order valence-electron chi connectivity index (χ0n) is 16.1. The third kappa shape index (κ3) is 4.36. The number of H-pyrrole nitrogens is 1. The number of hydrogen-bond acceptors (Lipinski definition) is 5. The number of methoxy groups -OCH3 is 1. The van der Waals surface area contributed by atoms with E-state index in [1.807, 2.05) is 50.2 Å². The van der Waals surface area contributed by atoms with E-state index in [-0.39, 0.29) is 11.3 Å². The first-order chi connectivity index (χ1) is 13.3. The molecule has 0 unspecified atom stereocenters. The number of aromatic nitrogens is 1. The molecule has 0 aliphatic heterocycles. The lowest BCUT2D eigenvalue weighted by molar-refractivity contribution is 0.414. The maximum absolute atomic E-state index is 12.8. The van der Waals surface area contributed by atoms with E-state index in [2.05, 4.69) is 4.98 Å². The molecule has 7 heteroatoms. The molecule has 1 N–H and O–H groups in total. The molecule has 0 bridgehead atoms. The van der Waals surface area contributed by atoms with Gasteiger partial charge in [-0.2, -0.15) is 0 Å². The summed E-state index contributed by atoms with van der Waals surface area (Å²) < 4.78 is 31.0. The molecular formula is C21H23NO4S2. The van der Waals surface area contributed by atoms with E-state index < -0.39 is 9.84 Å². The van der Waals surface area contributed by atoms with Crippen molar-refractivity contribution in [2.24, 2.45) is 0 Å². The summed E-state index contributed by atoms with van der Waals surface area (Å²) in [6.45, 7) is 3.75. The van der Waals surface area contributed by atoms with Crippen LogP contribution in [0.1, 0.15) is 23.7 Å². The largest absolute Gasteiger partial charge is 0.497 e. The average molecular weight is 418 g/mol. The maximum Gasteiger partial charge on any atom is 0.251 e. The van der Waals surface area contributed by atoms with Crippen molar-refractivity contribution in [2.75, 3.05) is 12.9 Å². The minimum Gasteiger partial charge on any atom is -0.497 e. The van der Waals surface area contributed by atoms with Crippen molar-refractivity contribution in [2.45, 2.75) is 30.9 Å². The average Bonchev–Trinajstić information content (AvgIpc) is 3.18. The molecule has 0 aliphatic carbocycles. The van der Waals surface area contributed by atoms with Crippen LogP contribution in [-0.2, 0) is 22.7 Å². The van der Waals surface area contributed by atoms with Gasteiger partial charge in [0.15, 0.2) is 9.84 Å². The summed E-state index contributed by atoms with van der Waals surface area (Å²) in [4.78, 5) is 15.6. The molecule has 0 radical (unpaired) electrons. The first-order valence-electron chi connectivity index (χ1n) is 9.02. The molecule has 0 spiro atoms. The Morgan fingerprint density at radius 1 is 1.11 bits per heavy atom. The van der Waals surface area contributed by atoms with Crippen LogP contribution in [0.2, 0.25) is 0 Å². The highest BCUT2D eigenvalue weighted by Crippen LogP contribution is 2.33. The Morgan fingerprint density at radius 2 is 1.82 bits per heavy atom. The Kier molecular flexibility index (Phi) is 6.05. The van der Waals surface area contributed by atoms with Gasteiger partial charge in [0, 0.05) is 21.7 Å². The van der Waals surface area contributed by atoms with E-state index >= 15 is 0 Å². The number of aryl methyl sites for hydroxylation is 3. The van der Waals surface area contributed by atoms with Crippen molar-refractivity contribution in [3.05, 3.63) is 69.6 Å². The number of sulfone groups is 1. The number of benzene rings is 1. The molecule has 0 fully saturated rings. The SMILES string of the molecule is CCc1cc(-c2ccc(S(=O)(=O)CCc3ccc(OC)cc3)s2)c(C)[nH]c1=O. The maximum atomic E-state index is 12.8. The Morgan fingerprint density at radius 3 is 2.46 bits per heavy atom. The summed E-state index contributed by atoms with van der Waals surface area (Å²) in [5.41, 5.74) is 3.17. The lowest BCUT2D eigenvalue weighted by atomic mass is 10.1. The second kappa shape index (κ2) is 8.32. The topological polar surface area (TPSA) is 76.2 Å². The third-order valence-corrected chi connectivity index (χ3v) is 8.08. The molecule has 5 nitrogen and oxygen atoms in total. The number of pyridine rings is 1. The van der Waals surface area contributed by atoms with Crippen LogP contribution in [0, 0.1) is 6.92 Å². The van der Waals surface area contributed by atoms with Crippen molar-refractivity contribution in [3.8, 4) is 16.2 Å². The number of hydrogen-bond donors (Lipinski definition) is 1. The smallest absolute Gasteiger partial charge is 0.251 e. The number of ether oxygens (including phenoxy) is 1. The van der Waals surface area contributed by atoms with Crippen LogP contribution in [0.5, 0.6) is 5.75 Å². The molecule has 28 heavy (non-hydrogen) atoms. The van der Waals surface area contributed by atoms with Gasteiger partial charge in [0.2, 0.25) is 0 Å². The zero-order valence-corrected chi connectivity index (χ0v) is 17.7. The van der Waals surface area contributed by atoms with Gasteiger partial charge in [-0.3, -0.25) is 4.79 Å². The molecule has 0 amide bonds. The normalized spacial score (nSPS) is 11.5. The van der Waals surface area contributed by atoms with Gasteiger partial charge in [-0.25, -0.2) is 8.42 Å². The highest BCUT2D eigenvalue weighted by atomic mass is 32.2. The van der Waals surface area contributed by atoms with Gasteiger partial charge in [0.25, 0.3) is 5.56 Å². The Balaban J connectivity index is 1.81. The minimum absolute atomic E-state index is 0.0457. The number of nitrogens with one attached hydrogen (secondary N) is 1. The fourth-order valence-corrected chi connectivity index (χ4v) is 5.78. The molecule has 3 aromatic rings. The minimum atomic E-state index is -3.38. The van der Waals surface area contributed by atoms with E-state index in [0.29, 0.717) is 22.6 Å². The van der Waals surface area contributed by atoms with E-state index in [1.165, 1.54) is 11.3 Å². The molecule has 148 valence electrons. The number of thiophene rings is 1. The van der Waals surface area contributed by atoms with Crippen molar-refractivity contribution in [3.63, 3.8) is 0 Å². The third-order valence-electron chi connectivity index (χ3n) is 4.67. The lowest BCUT2D eigenvalue weighted by Gasteiger charge is -2.06. The molecular weight excluding hydrogens is 394 g/mol. The van der Waals surface area contributed by atoms with Crippen LogP contribution >= 0.6 is 11.3 Å². The van der Waals surface area contributed by atoms with E-state index in [9.17, 15) is 13.2 Å². The highest BCUT2D eigenvalue weighted by Gasteiger charge is 2.19. The van der Waals surface area contributed by atoms with Crippen LogP contribution in [0.15, 0.2) is 51.5 Å². The van der Waals surface area contributed by atoms with Crippen LogP contribution < -0.4 is 10.3 Å². The zero-order chi connectivity index (χ0) is 20.3. The predicted octanol–water partition coefficient (Wildman–Crippen LogP) is 4.00. The quantitative estimate of drug-likeness (QED) is 0.630. The van der Waals surface area contributed by atoms with E-state index in [4.69, 9.17) is 4.74 Å². The first-order valence-corrected chi connectivity index (χ1v) is 11.5. The van der Waals surface area contributed by atoms with Crippen LogP contribution in [0.4, 0.5) is 0 Å². The second-order valence-corrected chi connectivity index (χ2v) is 9.97. The molecule has 0 atom stereocenters. The molecule has 0 aliphatic rings. The second-order valence-electron chi connectivity index (χ2n) is 6.55. The predicted molar refractivity (Wildman–Crippen MR) is 113 cm³/mol. The van der Waals surface area contributed by atoms with Gasteiger partial charge in [-0.15, -0.1) is 11.3 Å². The molecule has 2 heterocycles.